The van der Waals surface area contributed by atoms with E-state index in [1.807, 2.05) is 18.2 Å². The number of para-hydroxylation sites is 1. The number of hydrogen-bond donors (Lipinski definition) is 1. The maximum absolute atomic E-state index is 13.0. The van der Waals surface area contributed by atoms with Crippen molar-refractivity contribution in [2.45, 2.75) is 6.92 Å². The SMILES string of the molecule is CCOc1cc(/C=C2/SC(=O)N(c3cccc(Cl)c3)C2=O)cc(Cl)c1OCC(=O)Nc1ccccc1. The lowest BCUT2D eigenvalue weighted by Gasteiger charge is -2.15. The summed E-state index contributed by atoms with van der Waals surface area (Å²) in [6, 6.07) is 18.7. The predicted molar refractivity (Wildman–Crippen MR) is 143 cm³/mol. The first-order chi connectivity index (χ1) is 17.4. The van der Waals surface area contributed by atoms with Crippen molar-refractivity contribution in [3.63, 3.8) is 0 Å². The number of ether oxygens (including phenoxy) is 2. The predicted octanol–water partition coefficient (Wildman–Crippen LogP) is 6.65. The molecule has 1 heterocycles. The van der Waals surface area contributed by atoms with Crippen molar-refractivity contribution in [3.05, 3.63) is 87.2 Å². The van der Waals surface area contributed by atoms with Crippen LogP contribution in [0.25, 0.3) is 6.08 Å². The van der Waals surface area contributed by atoms with Crippen LogP contribution in [0.1, 0.15) is 12.5 Å². The summed E-state index contributed by atoms with van der Waals surface area (Å²) in [7, 11) is 0. The molecule has 10 heteroatoms. The third-order valence-electron chi connectivity index (χ3n) is 4.89. The molecule has 0 bridgehead atoms. The second kappa shape index (κ2) is 11.5. The molecule has 0 unspecified atom stereocenters. The number of amides is 3. The summed E-state index contributed by atoms with van der Waals surface area (Å²) in [4.78, 5) is 39.1. The molecule has 1 saturated heterocycles. The Morgan fingerprint density at radius 1 is 1.03 bits per heavy atom. The van der Waals surface area contributed by atoms with Crippen LogP contribution in [-0.2, 0) is 9.59 Å². The number of carbonyl (C=O) groups excluding carboxylic acids is 3. The molecule has 184 valence electrons. The van der Waals surface area contributed by atoms with Gasteiger partial charge < -0.3 is 14.8 Å². The Morgan fingerprint density at radius 2 is 1.81 bits per heavy atom. The first-order valence-corrected chi connectivity index (χ1v) is 12.4. The van der Waals surface area contributed by atoms with E-state index in [9.17, 15) is 14.4 Å². The van der Waals surface area contributed by atoms with E-state index in [1.54, 1.807) is 61.5 Å². The molecule has 3 amide bonds. The fourth-order valence-electron chi connectivity index (χ4n) is 3.39. The van der Waals surface area contributed by atoms with Gasteiger partial charge >= 0.3 is 0 Å². The van der Waals surface area contributed by atoms with Gasteiger partial charge in [0, 0.05) is 10.7 Å². The van der Waals surface area contributed by atoms with Gasteiger partial charge in [0.2, 0.25) is 0 Å². The fourth-order valence-corrected chi connectivity index (χ4v) is 4.69. The Bertz CT molecular complexity index is 1350. The van der Waals surface area contributed by atoms with E-state index in [0.29, 0.717) is 34.3 Å². The van der Waals surface area contributed by atoms with Crippen molar-refractivity contribution in [3.8, 4) is 11.5 Å². The number of thioether (sulfide) groups is 1. The van der Waals surface area contributed by atoms with Crippen LogP contribution in [0.3, 0.4) is 0 Å². The number of benzene rings is 3. The zero-order valence-electron chi connectivity index (χ0n) is 19.0. The Morgan fingerprint density at radius 3 is 2.53 bits per heavy atom. The van der Waals surface area contributed by atoms with E-state index in [2.05, 4.69) is 5.32 Å². The molecule has 0 radical (unpaired) electrons. The second-order valence-corrected chi connectivity index (χ2v) is 9.30. The van der Waals surface area contributed by atoms with Crippen LogP contribution in [-0.4, -0.2) is 30.3 Å². The van der Waals surface area contributed by atoms with Gasteiger partial charge in [0.25, 0.3) is 17.1 Å². The van der Waals surface area contributed by atoms with Crippen molar-refractivity contribution in [2.24, 2.45) is 0 Å². The minimum Gasteiger partial charge on any atom is -0.490 e. The molecule has 1 fully saturated rings. The number of halogens is 2. The molecular weight excluding hydrogens is 523 g/mol. The Hall–Kier alpha value is -3.46. The summed E-state index contributed by atoms with van der Waals surface area (Å²) in [5, 5.41) is 2.90. The first kappa shape index (κ1) is 25.6. The van der Waals surface area contributed by atoms with Gasteiger partial charge in [0.1, 0.15) is 0 Å². The highest BCUT2D eigenvalue weighted by Crippen LogP contribution is 2.40. The lowest BCUT2D eigenvalue weighted by atomic mass is 10.1. The normalized spacial score (nSPS) is 14.3. The minimum atomic E-state index is -0.473. The quantitative estimate of drug-likeness (QED) is 0.320. The van der Waals surface area contributed by atoms with Crippen molar-refractivity contribution in [1.29, 1.82) is 0 Å². The molecule has 1 aliphatic heterocycles. The molecule has 4 rings (SSSR count). The highest BCUT2D eigenvalue weighted by molar-refractivity contribution is 8.19. The molecule has 36 heavy (non-hydrogen) atoms. The van der Waals surface area contributed by atoms with Crippen LogP contribution >= 0.6 is 35.0 Å². The van der Waals surface area contributed by atoms with Gasteiger partial charge in [-0.05, 0) is 72.8 Å². The van der Waals surface area contributed by atoms with Crippen molar-refractivity contribution in [1.82, 2.24) is 0 Å². The summed E-state index contributed by atoms with van der Waals surface area (Å²) in [6.45, 7) is 1.83. The van der Waals surface area contributed by atoms with E-state index >= 15 is 0 Å². The number of rotatable bonds is 8. The lowest BCUT2D eigenvalue weighted by Crippen LogP contribution is -2.27. The molecule has 1 N–H and O–H groups in total. The number of nitrogens with zero attached hydrogens (tertiary/aromatic N) is 1. The maximum Gasteiger partial charge on any atom is 0.298 e. The smallest absolute Gasteiger partial charge is 0.298 e. The molecular formula is C26H20Cl2N2O5S. The average Bonchev–Trinajstić information content (AvgIpc) is 3.11. The molecule has 0 aromatic heterocycles. The van der Waals surface area contributed by atoms with Crippen molar-refractivity contribution < 1.29 is 23.9 Å². The average molecular weight is 543 g/mol. The second-order valence-electron chi connectivity index (χ2n) is 7.46. The van der Waals surface area contributed by atoms with Gasteiger partial charge in [0.15, 0.2) is 18.1 Å². The molecule has 0 aliphatic carbocycles. The lowest BCUT2D eigenvalue weighted by molar-refractivity contribution is -0.118. The van der Waals surface area contributed by atoms with E-state index in [1.165, 1.54) is 0 Å². The van der Waals surface area contributed by atoms with Gasteiger partial charge in [-0.2, -0.15) is 0 Å². The molecule has 3 aromatic rings. The van der Waals surface area contributed by atoms with E-state index in [0.717, 1.165) is 16.7 Å². The fraction of sp³-hybridized carbons (Fsp3) is 0.115. The zero-order chi connectivity index (χ0) is 25.7. The summed E-state index contributed by atoms with van der Waals surface area (Å²) in [6.07, 6.45) is 1.55. The van der Waals surface area contributed by atoms with Gasteiger partial charge in [-0.15, -0.1) is 0 Å². The number of nitrogens with one attached hydrogen (secondary N) is 1. The summed E-state index contributed by atoms with van der Waals surface area (Å²) < 4.78 is 11.3. The number of anilines is 2. The van der Waals surface area contributed by atoms with E-state index in [4.69, 9.17) is 32.7 Å². The van der Waals surface area contributed by atoms with Crippen LogP contribution in [0.4, 0.5) is 16.2 Å². The zero-order valence-corrected chi connectivity index (χ0v) is 21.3. The van der Waals surface area contributed by atoms with Gasteiger partial charge in [-0.25, -0.2) is 4.90 Å². The summed E-state index contributed by atoms with van der Waals surface area (Å²) >= 11 is 13.3. The monoisotopic (exact) mass is 542 g/mol. The highest BCUT2D eigenvalue weighted by atomic mass is 35.5. The van der Waals surface area contributed by atoms with Crippen LogP contribution in [0.2, 0.25) is 10.0 Å². The van der Waals surface area contributed by atoms with Crippen molar-refractivity contribution >= 4 is 69.5 Å². The Labute approximate surface area is 222 Å². The number of carbonyl (C=O) groups is 3. The topological polar surface area (TPSA) is 84.9 Å². The minimum absolute atomic E-state index is 0.189. The van der Waals surface area contributed by atoms with Crippen LogP contribution in [0.15, 0.2) is 71.6 Å². The van der Waals surface area contributed by atoms with Gasteiger partial charge in [0.05, 0.1) is 22.2 Å². The Kier molecular flexibility index (Phi) is 8.20. The molecule has 1 aliphatic rings. The third kappa shape index (κ3) is 6.02. The van der Waals surface area contributed by atoms with Crippen LogP contribution in [0, 0.1) is 0 Å². The molecule has 0 spiro atoms. The van der Waals surface area contributed by atoms with Crippen LogP contribution in [0.5, 0.6) is 11.5 Å². The molecule has 7 nitrogen and oxygen atoms in total. The standard InChI is InChI=1S/C26H20Cl2N2O5S/c1-2-34-21-12-16(11-20(28)24(21)35-15-23(31)29-18-8-4-3-5-9-18)13-22-25(32)30(26(33)36-22)19-10-6-7-17(27)14-19/h3-14H,2,15H2,1H3,(H,29,31)/b22-13+. The number of imide groups is 1. The van der Waals surface area contributed by atoms with Crippen LogP contribution < -0.4 is 19.7 Å². The third-order valence-corrected chi connectivity index (χ3v) is 6.28. The Balaban J connectivity index is 1.53. The first-order valence-electron chi connectivity index (χ1n) is 10.8. The molecule has 0 atom stereocenters. The maximum atomic E-state index is 13.0. The van der Waals surface area contributed by atoms with Crippen molar-refractivity contribution in [2.75, 3.05) is 23.4 Å². The largest absolute Gasteiger partial charge is 0.490 e. The summed E-state index contributed by atoms with van der Waals surface area (Å²) in [5.74, 6) is -0.332. The molecule has 0 saturated carbocycles. The highest BCUT2D eigenvalue weighted by Gasteiger charge is 2.36. The molecule has 3 aromatic carbocycles. The van der Waals surface area contributed by atoms with E-state index < -0.39 is 11.1 Å². The van der Waals surface area contributed by atoms with Gasteiger partial charge in [-0.3, -0.25) is 14.4 Å². The summed E-state index contributed by atoms with van der Waals surface area (Å²) in [5.41, 5.74) is 1.56. The van der Waals surface area contributed by atoms with Gasteiger partial charge in [-0.1, -0.05) is 47.5 Å². The number of hydrogen-bond acceptors (Lipinski definition) is 6. The van der Waals surface area contributed by atoms with E-state index in [-0.39, 0.29) is 28.2 Å².